The molecule has 6 nitrogen and oxygen atoms in total. The van der Waals surface area contributed by atoms with Crippen molar-refractivity contribution in [2.45, 2.75) is 52.1 Å². The van der Waals surface area contributed by atoms with E-state index in [-0.39, 0.29) is 17.4 Å². The fourth-order valence-corrected chi connectivity index (χ4v) is 4.52. The lowest BCUT2D eigenvalue weighted by Gasteiger charge is -2.32. The molecule has 158 valence electrons. The van der Waals surface area contributed by atoms with Crippen LogP contribution in [-0.4, -0.2) is 45.8 Å². The number of amides is 2. The minimum Gasteiger partial charge on any atom is -0.338 e. The van der Waals surface area contributed by atoms with Crippen molar-refractivity contribution >= 4 is 11.8 Å². The summed E-state index contributed by atoms with van der Waals surface area (Å²) in [4.78, 5) is 42.8. The molecule has 0 N–H and O–H groups in total. The van der Waals surface area contributed by atoms with Gasteiger partial charge in [-0.3, -0.25) is 14.4 Å². The molecule has 1 saturated heterocycles. The van der Waals surface area contributed by atoms with Crippen LogP contribution in [0.25, 0.3) is 0 Å². The van der Waals surface area contributed by atoms with E-state index in [2.05, 4.69) is 0 Å². The van der Waals surface area contributed by atoms with Crippen molar-refractivity contribution in [3.63, 3.8) is 0 Å². The van der Waals surface area contributed by atoms with Crippen molar-refractivity contribution in [1.29, 1.82) is 0 Å². The van der Waals surface area contributed by atoms with Crippen LogP contribution in [-0.2, 0) is 24.3 Å². The molecule has 3 heterocycles. The molecule has 0 saturated carbocycles. The number of hydrogen-bond acceptors (Lipinski definition) is 3. The Morgan fingerprint density at radius 3 is 2.40 bits per heavy atom. The van der Waals surface area contributed by atoms with Gasteiger partial charge in [-0.25, -0.2) is 0 Å². The standard InChI is InChI=1S/C24H29N3O3/c1-2-21(28)26-14-11-20-19(16-26)17-27(15-18-9-5-3-6-10-18)24(30)22(20)23(29)25-12-7-4-8-13-25/h3,5-6,9-10,17H,2,4,7-8,11-16H2,1H3. The monoisotopic (exact) mass is 407 g/mol. The maximum Gasteiger partial charge on any atom is 0.264 e. The van der Waals surface area contributed by atoms with Crippen molar-refractivity contribution in [3.8, 4) is 0 Å². The molecule has 0 unspecified atom stereocenters. The third-order valence-corrected chi connectivity index (χ3v) is 6.18. The van der Waals surface area contributed by atoms with Gasteiger partial charge in [0.15, 0.2) is 0 Å². The van der Waals surface area contributed by atoms with Crippen LogP contribution in [0.2, 0.25) is 0 Å². The zero-order chi connectivity index (χ0) is 21.1. The number of nitrogens with zero attached hydrogens (tertiary/aromatic N) is 3. The maximum absolute atomic E-state index is 13.4. The highest BCUT2D eigenvalue weighted by atomic mass is 16.2. The lowest BCUT2D eigenvalue weighted by Crippen LogP contribution is -2.43. The Morgan fingerprint density at radius 1 is 0.967 bits per heavy atom. The summed E-state index contributed by atoms with van der Waals surface area (Å²) >= 11 is 0. The highest BCUT2D eigenvalue weighted by molar-refractivity contribution is 5.96. The van der Waals surface area contributed by atoms with Crippen LogP contribution in [0.5, 0.6) is 0 Å². The number of hydrogen-bond donors (Lipinski definition) is 0. The Balaban J connectivity index is 1.77. The predicted octanol–water partition coefficient (Wildman–Crippen LogP) is 2.82. The summed E-state index contributed by atoms with van der Waals surface area (Å²) in [5.74, 6) is -0.0426. The predicted molar refractivity (Wildman–Crippen MR) is 115 cm³/mol. The first kappa shape index (κ1) is 20.4. The largest absolute Gasteiger partial charge is 0.338 e. The first-order valence-electron chi connectivity index (χ1n) is 10.9. The fourth-order valence-electron chi connectivity index (χ4n) is 4.52. The molecule has 2 aromatic rings. The van der Waals surface area contributed by atoms with Crippen molar-refractivity contribution in [1.82, 2.24) is 14.4 Å². The van der Waals surface area contributed by atoms with Gasteiger partial charge in [-0.05, 0) is 42.4 Å². The number of carbonyl (C=O) groups excluding carboxylic acids is 2. The Morgan fingerprint density at radius 2 is 1.70 bits per heavy atom. The van der Waals surface area contributed by atoms with E-state index in [4.69, 9.17) is 0 Å². The molecule has 30 heavy (non-hydrogen) atoms. The summed E-state index contributed by atoms with van der Waals surface area (Å²) in [5, 5.41) is 0. The Labute approximate surface area is 177 Å². The van der Waals surface area contributed by atoms with Crippen LogP contribution in [0, 0.1) is 0 Å². The number of fused-ring (bicyclic) bond motifs is 1. The number of benzene rings is 1. The molecule has 1 aromatic carbocycles. The molecule has 2 aliphatic heterocycles. The topological polar surface area (TPSA) is 62.6 Å². The SMILES string of the molecule is CCC(=O)N1CCc2c(cn(Cc3ccccc3)c(=O)c2C(=O)N2CCCCC2)C1. The Hall–Kier alpha value is -2.89. The van der Waals surface area contributed by atoms with Gasteiger partial charge in [0.25, 0.3) is 11.5 Å². The summed E-state index contributed by atoms with van der Waals surface area (Å²) in [6.45, 7) is 4.70. The quantitative estimate of drug-likeness (QED) is 0.783. The van der Waals surface area contributed by atoms with Crippen LogP contribution in [0.3, 0.4) is 0 Å². The van der Waals surface area contributed by atoms with Crippen molar-refractivity contribution in [2.24, 2.45) is 0 Å². The lowest BCUT2D eigenvalue weighted by atomic mass is 9.95. The van der Waals surface area contributed by atoms with Gasteiger partial charge in [-0.2, -0.15) is 0 Å². The van der Waals surface area contributed by atoms with Gasteiger partial charge in [-0.15, -0.1) is 0 Å². The zero-order valence-electron chi connectivity index (χ0n) is 17.6. The van der Waals surface area contributed by atoms with Crippen LogP contribution >= 0.6 is 0 Å². The second-order valence-electron chi connectivity index (χ2n) is 8.20. The highest BCUT2D eigenvalue weighted by Gasteiger charge is 2.30. The molecule has 0 aliphatic carbocycles. The van der Waals surface area contributed by atoms with E-state index in [0.717, 1.165) is 36.0 Å². The summed E-state index contributed by atoms with van der Waals surface area (Å²) in [5.41, 5.74) is 2.85. The normalized spacial score (nSPS) is 16.3. The number of rotatable bonds is 4. The summed E-state index contributed by atoms with van der Waals surface area (Å²) in [6, 6.07) is 9.79. The van der Waals surface area contributed by atoms with Crippen molar-refractivity contribution in [2.75, 3.05) is 19.6 Å². The molecule has 0 bridgehead atoms. The maximum atomic E-state index is 13.4. The highest BCUT2D eigenvalue weighted by Crippen LogP contribution is 2.23. The van der Waals surface area contributed by atoms with Gasteiger partial charge in [0.1, 0.15) is 5.56 Å². The smallest absolute Gasteiger partial charge is 0.264 e. The van der Waals surface area contributed by atoms with Gasteiger partial charge >= 0.3 is 0 Å². The minimum absolute atomic E-state index is 0.102. The van der Waals surface area contributed by atoms with Gasteiger partial charge < -0.3 is 14.4 Å². The second kappa shape index (κ2) is 8.86. The molecular formula is C24H29N3O3. The number of likely N-dealkylation sites (tertiary alicyclic amines) is 1. The molecule has 1 aromatic heterocycles. The third kappa shape index (κ3) is 4.04. The van der Waals surface area contributed by atoms with E-state index in [1.54, 1.807) is 4.57 Å². The van der Waals surface area contributed by atoms with Crippen molar-refractivity contribution < 1.29 is 9.59 Å². The first-order chi connectivity index (χ1) is 14.6. The molecule has 1 fully saturated rings. The molecule has 2 amide bonds. The van der Waals surface area contributed by atoms with Crippen LogP contribution in [0.1, 0.15) is 59.7 Å². The number of pyridine rings is 1. The Kier molecular flexibility index (Phi) is 6.02. The lowest BCUT2D eigenvalue weighted by molar-refractivity contribution is -0.131. The molecule has 6 heteroatoms. The van der Waals surface area contributed by atoms with Gasteiger partial charge in [0.05, 0.1) is 6.54 Å². The molecular weight excluding hydrogens is 378 g/mol. The van der Waals surface area contributed by atoms with Crippen LogP contribution in [0.15, 0.2) is 41.3 Å². The van der Waals surface area contributed by atoms with E-state index in [9.17, 15) is 14.4 Å². The van der Waals surface area contributed by atoms with E-state index < -0.39 is 0 Å². The summed E-state index contributed by atoms with van der Waals surface area (Å²) in [7, 11) is 0. The first-order valence-corrected chi connectivity index (χ1v) is 10.9. The van der Waals surface area contributed by atoms with Crippen LogP contribution < -0.4 is 5.56 Å². The fraction of sp³-hybridized carbons (Fsp3) is 0.458. The van der Waals surface area contributed by atoms with E-state index >= 15 is 0 Å². The zero-order valence-corrected chi connectivity index (χ0v) is 17.6. The molecule has 4 rings (SSSR count). The van der Waals surface area contributed by atoms with Gasteiger partial charge in [-0.1, -0.05) is 37.3 Å². The average molecular weight is 408 g/mol. The molecule has 2 aliphatic rings. The Bertz CT molecular complexity index is 991. The number of aromatic nitrogens is 1. The average Bonchev–Trinajstić information content (AvgIpc) is 2.79. The second-order valence-corrected chi connectivity index (χ2v) is 8.20. The van der Waals surface area contributed by atoms with Crippen LogP contribution in [0.4, 0.5) is 0 Å². The van der Waals surface area contributed by atoms with Gasteiger partial charge in [0.2, 0.25) is 5.91 Å². The van der Waals surface area contributed by atoms with E-state index in [1.165, 1.54) is 0 Å². The van der Waals surface area contributed by atoms with Crippen molar-refractivity contribution in [3.05, 3.63) is 69.1 Å². The summed E-state index contributed by atoms with van der Waals surface area (Å²) in [6.07, 6.45) is 5.96. The van der Waals surface area contributed by atoms with Gasteiger partial charge in [0, 0.05) is 38.8 Å². The number of piperidine rings is 1. The third-order valence-electron chi connectivity index (χ3n) is 6.18. The molecule has 0 radical (unpaired) electrons. The summed E-state index contributed by atoms with van der Waals surface area (Å²) < 4.78 is 1.64. The number of carbonyl (C=O) groups is 2. The minimum atomic E-state index is -0.219. The molecule has 0 spiro atoms. The molecule has 0 atom stereocenters. The van der Waals surface area contributed by atoms with E-state index in [0.29, 0.717) is 51.1 Å². The van der Waals surface area contributed by atoms with E-state index in [1.807, 2.05) is 53.3 Å².